The molecule has 2 unspecified atom stereocenters. The maximum absolute atomic E-state index is 12.5. The van der Waals surface area contributed by atoms with E-state index < -0.39 is 5.72 Å². The van der Waals surface area contributed by atoms with Gasteiger partial charge in [-0.3, -0.25) is 9.59 Å². The van der Waals surface area contributed by atoms with Crippen LogP contribution in [0.4, 0.5) is 0 Å². The molecule has 138 valence electrons. The summed E-state index contributed by atoms with van der Waals surface area (Å²) in [5.74, 6) is -0.106. The third-order valence-electron chi connectivity index (χ3n) is 4.24. The van der Waals surface area contributed by atoms with Crippen LogP contribution in [0.5, 0.6) is 0 Å². The lowest BCUT2D eigenvalue weighted by Crippen LogP contribution is -2.50. The summed E-state index contributed by atoms with van der Waals surface area (Å²) in [4.78, 5) is 25.7. The van der Waals surface area contributed by atoms with Gasteiger partial charge >= 0.3 is 5.97 Å². The molecule has 7 heteroatoms. The number of amides is 1. The van der Waals surface area contributed by atoms with Crippen LogP contribution < -0.4 is 0 Å². The standard InChI is InChI=1S/C18H25NO5S/c1-2-24-17(22)8-9-18(23)15(25-11-10-20)12-16(21)19(18)13-14-6-4-3-5-7-14/h3-7,15,20,23H,2,8-13H2,1H3. The summed E-state index contributed by atoms with van der Waals surface area (Å²) in [6.07, 6.45) is 0.351. The number of ether oxygens (including phenoxy) is 1. The summed E-state index contributed by atoms with van der Waals surface area (Å²) >= 11 is 1.36. The van der Waals surface area contributed by atoms with Gasteiger partial charge in [-0.25, -0.2) is 0 Å². The van der Waals surface area contributed by atoms with Crippen molar-refractivity contribution >= 4 is 23.6 Å². The molecule has 2 rings (SSSR count). The van der Waals surface area contributed by atoms with Gasteiger partial charge in [-0.05, 0) is 12.5 Å². The quantitative estimate of drug-likeness (QED) is 0.644. The third-order valence-corrected chi connectivity index (χ3v) is 5.61. The summed E-state index contributed by atoms with van der Waals surface area (Å²) in [5, 5.41) is 20.0. The number of benzene rings is 1. The van der Waals surface area contributed by atoms with E-state index >= 15 is 0 Å². The second-order valence-electron chi connectivity index (χ2n) is 5.94. The van der Waals surface area contributed by atoms with Gasteiger partial charge in [0.1, 0.15) is 0 Å². The monoisotopic (exact) mass is 367 g/mol. The van der Waals surface area contributed by atoms with Gasteiger partial charge in [0.25, 0.3) is 0 Å². The fourth-order valence-corrected chi connectivity index (χ4v) is 4.18. The Morgan fingerprint density at radius 1 is 1.40 bits per heavy atom. The summed E-state index contributed by atoms with van der Waals surface area (Å²) in [6, 6.07) is 9.44. The Kier molecular flexibility index (Phi) is 7.28. The van der Waals surface area contributed by atoms with Gasteiger partial charge in [-0.1, -0.05) is 30.3 Å². The van der Waals surface area contributed by atoms with Gasteiger partial charge in [-0.2, -0.15) is 11.8 Å². The maximum atomic E-state index is 12.5. The molecule has 1 amide bonds. The molecule has 2 atom stereocenters. The number of aliphatic hydroxyl groups excluding tert-OH is 1. The fraction of sp³-hybridized carbons (Fsp3) is 0.556. The molecule has 25 heavy (non-hydrogen) atoms. The van der Waals surface area contributed by atoms with E-state index in [1.807, 2.05) is 30.3 Å². The molecule has 0 spiro atoms. The van der Waals surface area contributed by atoms with Crippen LogP contribution >= 0.6 is 11.8 Å². The van der Waals surface area contributed by atoms with Gasteiger partial charge in [-0.15, -0.1) is 0 Å². The van der Waals surface area contributed by atoms with Crippen molar-refractivity contribution in [2.24, 2.45) is 0 Å². The van der Waals surface area contributed by atoms with Gasteiger partial charge in [0.2, 0.25) is 5.91 Å². The average Bonchev–Trinajstić information content (AvgIpc) is 2.84. The number of thioether (sulfide) groups is 1. The van der Waals surface area contributed by atoms with E-state index in [2.05, 4.69) is 0 Å². The normalized spacial score (nSPS) is 23.1. The SMILES string of the molecule is CCOC(=O)CCC1(O)C(SCCO)CC(=O)N1Cc1ccccc1. The molecule has 1 aliphatic rings. The molecule has 0 aromatic heterocycles. The first kappa shape index (κ1) is 19.8. The van der Waals surface area contributed by atoms with Gasteiger partial charge < -0.3 is 19.8 Å². The highest BCUT2D eigenvalue weighted by molar-refractivity contribution is 8.00. The lowest BCUT2D eigenvalue weighted by molar-refractivity contribution is -0.154. The predicted molar refractivity (Wildman–Crippen MR) is 95.8 cm³/mol. The van der Waals surface area contributed by atoms with Crippen molar-refractivity contribution in [1.29, 1.82) is 0 Å². The molecule has 6 nitrogen and oxygen atoms in total. The van der Waals surface area contributed by atoms with E-state index in [9.17, 15) is 14.7 Å². The summed E-state index contributed by atoms with van der Waals surface area (Å²) in [6.45, 7) is 2.27. The molecule has 2 N–H and O–H groups in total. The first-order chi connectivity index (χ1) is 12.0. The second-order valence-corrected chi connectivity index (χ2v) is 7.25. The van der Waals surface area contributed by atoms with E-state index in [-0.39, 0.29) is 56.1 Å². The molecule has 0 aliphatic carbocycles. The Bertz CT molecular complexity index is 582. The maximum Gasteiger partial charge on any atom is 0.305 e. The van der Waals surface area contributed by atoms with Crippen molar-refractivity contribution in [1.82, 2.24) is 4.90 Å². The molecular formula is C18H25NO5S. The van der Waals surface area contributed by atoms with Crippen LogP contribution in [0, 0.1) is 0 Å². The minimum atomic E-state index is -1.43. The average molecular weight is 367 g/mol. The minimum absolute atomic E-state index is 0.0258. The van der Waals surface area contributed by atoms with Crippen molar-refractivity contribution in [2.75, 3.05) is 19.0 Å². The molecule has 0 bridgehead atoms. The van der Waals surface area contributed by atoms with E-state index in [4.69, 9.17) is 9.84 Å². The largest absolute Gasteiger partial charge is 0.466 e. The molecule has 1 aliphatic heterocycles. The van der Waals surface area contributed by atoms with Gasteiger partial charge in [0.15, 0.2) is 5.72 Å². The van der Waals surface area contributed by atoms with Crippen molar-refractivity contribution < 1.29 is 24.5 Å². The number of esters is 1. The summed E-state index contributed by atoms with van der Waals surface area (Å²) < 4.78 is 4.94. The first-order valence-corrected chi connectivity index (χ1v) is 9.51. The summed E-state index contributed by atoms with van der Waals surface area (Å²) in [5.41, 5.74) is -0.516. The molecule has 1 aromatic carbocycles. The smallest absolute Gasteiger partial charge is 0.305 e. The van der Waals surface area contributed by atoms with Crippen LogP contribution in [-0.4, -0.2) is 56.9 Å². The van der Waals surface area contributed by atoms with Gasteiger partial charge in [0.05, 0.1) is 24.9 Å². The van der Waals surface area contributed by atoms with Crippen LogP contribution in [0.15, 0.2) is 30.3 Å². The lowest BCUT2D eigenvalue weighted by atomic mass is 10.0. The topological polar surface area (TPSA) is 87.1 Å². The summed E-state index contributed by atoms with van der Waals surface area (Å²) in [7, 11) is 0. The highest BCUT2D eigenvalue weighted by Gasteiger charge is 2.51. The van der Waals surface area contributed by atoms with Crippen molar-refractivity contribution in [2.45, 2.75) is 43.7 Å². The Morgan fingerprint density at radius 3 is 2.76 bits per heavy atom. The van der Waals surface area contributed by atoms with Crippen LogP contribution in [-0.2, 0) is 20.9 Å². The van der Waals surface area contributed by atoms with E-state index in [0.29, 0.717) is 5.75 Å². The highest BCUT2D eigenvalue weighted by Crippen LogP contribution is 2.40. The number of nitrogens with zero attached hydrogens (tertiary/aromatic N) is 1. The van der Waals surface area contributed by atoms with Crippen molar-refractivity contribution in [3.63, 3.8) is 0 Å². The number of aliphatic hydroxyl groups is 2. The Morgan fingerprint density at radius 2 is 2.12 bits per heavy atom. The number of hydrogen-bond donors (Lipinski definition) is 2. The zero-order chi connectivity index (χ0) is 18.3. The molecule has 1 heterocycles. The van der Waals surface area contributed by atoms with Crippen LogP contribution in [0.1, 0.15) is 31.7 Å². The molecule has 1 aromatic rings. The molecule has 0 saturated carbocycles. The van der Waals surface area contributed by atoms with Gasteiger partial charge in [0, 0.05) is 25.1 Å². The molecule has 1 saturated heterocycles. The number of rotatable bonds is 9. The van der Waals surface area contributed by atoms with E-state index in [0.717, 1.165) is 5.56 Å². The van der Waals surface area contributed by atoms with Crippen LogP contribution in [0.2, 0.25) is 0 Å². The van der Waals surface area contributed by atoms with Crippen molar-refractivity contribution in [3.05, 3.63) is 35.9 Å². The first-order valence-electron chi connectivity index (χ1n) is 8.46. The van der Waals surface area contributed by atoms with Crippen LogP contribution in [0.3, 0.4) is 0 Å². The molecular weight excluding hydrogens is 342 g/mol. The highest BCUT2D eigenvalue weighted by atomic mass is 32.2. The molecule has 1 fully saturated rings. The second kappa shape index (κ2) is 9.22. The Balaban J connectivity index is 2.17. The zero-order valence-electron chi connectivity index (χ0n) is 14.4. The predicted octanol–water partition coefficient (Wildman–Crippen LogP) is 1.54. The molecule has 0 radical (unpaired) electrons. The van der Waals surface area contributed by atoms with Crippen LogP contribution in [0.25, 0.3) is 0 Å². The minimum Gasteiger partial charge on any atom is -0.466 e. The van der Waals surface area contributed by atoms with E-state index in [1.165, 1.54) is 16.7 Å². The lowest BCUT2D eigenvalue weighted by Gasteiger charge is -2.37. The van der Waals surface area contributed by atoms with E-state index in [1.54, 1.807) is 6.92 Å². The zero-order valence-corrected chi connectivity index (χ0v) is 15.2. The third kappa shape index (κ3) is 4.96. The number of likely N-dealkylation sites (tertiary alicyclic amines) is 1. The fourth-order valence-electron chi connectivity index (χ4n) is 3.02. The number of carbonyl (C=O) groups is 2. The van der Waals surface area contributed by atoms with Crippen molar-refractivity contribution in [3.8, 4) is 0 Å². The number of carbonyl (C=O) groups excluding carboxylic acids is 2. The Hall–Kier alpha value is -1.57. The Labute approximate surface area is 152 Å². The number of hydrogen-bond acceptors (Lipinski definition) is 6.